The van der Waals surface area contributed by atoms with Crippen molar-refractivity contribution in [2.45, 2.75) is 19.8 Å². The minimum absolute atomic E-state index is 0.327. The van der Waals surface area contributed by atoms with E-state index in [2.05, 4.69) is 26.0 Å². The molecule has 116 valence electrons. The van der Waals surface area contributed by atoms with Crippen LogP contribution in [-0.2, 0) is 4.74 Å². The normalized spacial score (nSPS) is 11.0. The van der Waals surface area contributed by atoms with Gasteiger partial charge < -0.3 is 4.74 Å². The predicted octanol–water partition coefficient (Wildman–Crippen LogP) is 4.81. The molecular formula is C20H19NO2. The van der Waals surface area contributed by atoms with Gasteiger partial charge in [0.2, 0.25) is 0 Å². The van der Waals surface area contributed by atoms with Gasteiger partial charge in [-0.05, 0) is 35.7 Å². The molecule has 23 heavy (non-hydrogen) atoms. The van der Waals surface area contributed by atoms with E-state index in [1.54, 1.807) is 12.1 Å². The van der Waals surface area contributed by atoms with Gasteiger partial charge in [0.1, 0.15) is 0 Å². The number of pyridine rings is 1. The van der Waals surface area contributed by atoms with E-state index in [1.807, 2.05) is 30.3 Å². The van der Waals surface area contributed by atoms with E-state index < -0.39 is 0 Å². The van der Waals surface area contributed by atoms with Crippen LogP contribution in [0.3, 0.4) is 0 Å². The SMILES string of the molecule is COC(=O)c1ccc(-c2nc3ccccc3cc2C(C)C)cc1. The Balaban J connectivity index is 2.14. The molecule has 3 nitrogen and oxygen atoms in total. The van der Waals surface area contributed by atoms with Crippen molar-refractivity contribution in [3.8, 4) is 11.3 Å². The Morgan fingerprint density at radius 2 is 1.74 bits per heavy atom. The third-order valence-corrected chi connectivity index (χ3v) is 3.95. The van der Waals surface area contributed by atoms with Crippen LogP contribution in [0.25, 0.3) is 22.2 Å². The second kappa shape index (κ2) is 6.21. The lowest BCUT2D eigenvalue weighted by atomic mass is 9.95. The lowest BCUT2D eigenvalue weighted by Gasteiger charge is -2.14. The van der Waals surface area contributed by atoms with Gasteiger partial charge in [0.15, 0.2) is 0 Å². The smallest absolute Gasteiger partial charge is 0.337 e. The highest BCUT2D eigenvalue weighted by molar-refractivity contribution is 5.90. The van der Waals surface area contributed by atoms with Crippen LogP contribution in [0.2, 0.25) is 0 Å². The summed E-state index contributed by atoms with van der Waals surface area (Å²) < 4.78 is 4.75. The van der Waals surface area contributed by atoms with E-state index in [9.17, 15) is 4.79 Å². The Kier molecular flexibility index (Phi) is 4.11. The Labute approximate surface area is 135 Å². The summed E-state index contributed by atoms with van der Waals surface area (Å²) in [6.45, 7) is 4.33. The lowest BCUT2D eigenvalue weighted by molar-refractivity contribution is 0.0601. The maximum absolute atomic E-state index is 11.6. The van der Waals surface area contributed by atoms with E-state index in [1.165, 1.54) is 12.7 Å². The van der Waals surface area contributed by atoms with Gasteiger partial charge in [0.25, 0.3) is 0 Å². The van der Waals surface area contributed by atoms with Gasteiger partial charge in [0, 0.05) is 10.9 Å². The number of ether oxygens (including phenoxy) is 1. The van der Waals surface area contributed by atoms with E-state index in [0.29, 0.717) is 11.5 Å². The van der Waals surface area contributed by atoms with Crippen LogP contribution in [0, 0.1) is 0 Å². The third-order valence-electron chi connectivity index (χ3n) is 3.95. The first-order chi connectivity index (χ1) is 11.1. The zero-order chi connectivity index (χ0) is 16.4. The predicted molar refractivity (Wildman–Crippen MR) is 92.6 cm³/mol. The molecule has 0 unspecified atom stereocenters. The van der Waals surface area contributed by atoms with Crippen LogP contribution in [0.5, 0.6) is 0 Å². The fraction of sp³-hybridized carbons (Fsp3) is 0.200. The molecule has 0 spiro atoms. The number of hydrogen-bond acceptors (Lipinski definition) is 3. The highest BCUT2D eigenvalue weighted by Crippen LogP contribution is 2.30. The van der Waals surface area contributed by atoms with Gasteiger partial charge in [-0.15, -0.1) is 0 Å². The zero-order valence-electron chi connectivity index (χ0n) is 13.5. The van der Waals surface area contributed by atoms with Crippen LogP contribution in [0.1, 0.15) is 35.7 Å². The Bertz CT molecular complexity index is 851. The Hall–Kier alpha value is -2.68. The van der Waals surface area contributed by atoms with Crippen LogP contribution < -0.4 is 0 Å². The maximum Gasteiger partial charge on any atom is 0.337 e. The number of para-hydroxylation sites is 1. The Morgan fingerprint density at radius 1 is 1.04 bits per heavy atom. The molecule has 0 aliphatic rings. The number of nitrogens with zero attached hydrogens (tertiary/aromatic N) is 1. The van der Waals surface area contributed by atoms with Crippen molar-refractivity contribution in [3.05, 3.63) is 65.7 Å². The van der Waals surface area contributed by atoms with Crippen LogP contribution in [-0.4, -0.2) is 18.1 Å². The number of methoxy groups -OCH3 is 1. The highest BCUT2D eigenvalue weighted by Gasteiger charge is 2.13. The monoisotopic (exact) mass is 305 g/mol. The molecule has 3 rings (SSSR count). The number of aromatic nitrogens is 1. The van der Waals surface area contributed by atoms with Gasteiger partial charge in [-0.1, -0.05) is 44.2 Å². The largest absolute Gasteiger partial charge is 0.465 e. The zero-order valence-corrected chi connectivity index (χ0v) is 13.5. The van der Waals surface area contributed by atoms with Crippen molar-refractivity contribution in [2.75, 3.05) is 7.11 Å². The van der Waals surface area contributed by atoms with Crippen LogP contribution in [0.4, 0.5) is 0 Å². The van der Waals surface area contributed by atoms with Gasteiger partial charge in [-0.2, -0.15) is 0 Å². The van der Waals surface area contributed by atoms with Crippen molar-refractivity contribution in [3.63, 3.8) is 0 Å². The Morgan fingerprint density at radius 3 is 2.39 bits per heavy atom. The van der Waals surface area contributed by atoms with E-state index >= 15 is 0 Å². The summed E-state index contributed by atoms with van der Waals surface area (Å²) in [5.74, 6) is 0.0366. The summed E-state index contributed by atoms with van der Waals surface area (Å²) >= 11 is 0. The number of fused-ring (bicyclic) bond motifs is 1. The molecule has 1 heterocycles. The van der Waals surface area contributed by atoms with E-state index in [-0.39, 0.29) is 5.97 Å². The molecule has 3 aromatic rings. The lowest BCUT2D eigenvalue weighted by Crippen LogP contribution is -2.01. The standard InChI is InChI=1S/C20H19NO2/c1-13(2)17-12-16-6-4-5-7-18(16)21-19(17)14-8-10-15(11-9-14)20(22)23-3/h4-13H,1-3H3. The average Bonchev–Trinajstić information content (AvgIpc) is 2.60. The van der Waals surface area contributed by atoms with Gasteiger partial charge in [-0.25, -0.2) is 9.78 Å². The second-order valence-corrected chi connectivity index (χ2v) is 5.84. The minimum Gasteiger partial charge on any atom is -0.465 e. The molecule has 0 saturated heterocycles. The summed E-state index contributed by atoms with van der Waals surface area (Å²) in [5, 5.41) is 1.14. The number of benzene rings is 2. The fourth-order valence-electron chi connectivity index (χ4n) is 2.69. The molecule has 0 atom stereocenters. The summed E-state index contributed by atoms with van der Waals surface area (Å²) in [6, 6.07) is 17.7. The molecule has 0 bridgehead atoms. The van der Waals surface area contributed by atoms with E-state index in [4.69, 9.17) is 9.72 Å². The first-order valence-corrected chi connectivity index (χ1v) is 7.68. The summed E-state index contributed by atoms with van der Waals surface area (Å²) in [7, 11) is 1.39. The molecule has 0 fully saturated rings. The number of hydrogen-bond donors (Lipinski definition) is 0. The molecular weight excluding hydrogens is 286 g/mol. The molecule has 0 N–H and O–H groups in total. The van der Waals surface area contributed by atoms with Gasteiger partial charge in [-0.3, -0.25) is 0 Å². The quantitative estimate of drug-likeness (QED) is 0.652. The van der Waals surface area contributed by atoms with Crippen molar-refractivity contribution < 1.29 is 9.53 Å². The molecule has 0 amide bonds. The minimum atomic E-state index is -0.327. The first-order valence-electron chi connectivity index (χ1n) is 7.68. The molecule has 0 saturated carbocycles. The first kappa shape index (κ1) is 15.2. The summed E-state index contributed by atoms with van der Waals surface area (Å²) in [4.78, 5) is 16.4. The summed E-state index contributed by atoms with van der Waals surface area (Å²) in [5.41, 5.74) is 4.70. The van der Waals surface area contributed by atoms with Crippen LogP contribution in [0.15, 0.2) is 54.6 Å². The van der Waals surface area contributed by atoms with Crippen molar-refractivity contribution in [1.82, 2.24) is 4.98 Å². The molecule has 1 aromatic heterocycles. The van der Waals surface area contributed by atoms with Gasteiger partial charge in [0.05, 0.1) is 23.9 Å². The molecule has 2 aromatic carbocycles. The highest BCUT2D eigenvalue weighted by atomic mass is 16.5. The fourth-order valence-corrected chi connectivity index (χ4v) is 2.69. The van der Waals surface area contributed by atoms with Crippen LogP contribution >= 0.6 is 0 Å². The van der Waals surface area contributed by atoms with Crippen molar-refractivity contribution in [2.24, 2.45) is 0 Å². The molecule has 3 heteroatoms. The topological polar surface area (TPSA) is 39.2 Å². The van der Waals surface area contributed by atoms with Crippen molar-refractivity contribution >= 4 is 16.9 Å². The summed E-state index contributed by atoms with van der Waals surface area (Å²) in [6.07, 6.45) is 0. The number of rotatable bonds is 3. The second-order valence-electron chi connectivity index (χ2n) is 5.84. The number of carbonyl (C=O) groups excluding carboxylic acids is 1. The number of esters is 1. The average molecular weight is 305 g/mol. The number of carbonyl (C=O) groups is 1. The molecule has 0 aliphatic heterocycles. The van der Waals surface area contributed by atoms with Gasteiger partial charge >= 0.3 is 5.97 Å². The molecule has 0 radical (unpaired) electrons. The van der Waals surface area contributed by atoms with E-state index in [0.717, 1.165) is 22.2 Å². The third kappa shape index (κ3) is 2.95. The van der Waals surface area contributed by atoms with Crippen molar-refractivity contribution in [1.29, 1.82) is 0 Å². The molecule has 0 aliphatic carbocycles. The maximum atomic E-state index is 11.6.